The number of hydrogen-bond donors (Lipinski definition) is 2. The second-order valence-corrected chi connectivity index (χ2v) is 8.26. The number of nitrogens with one attached hydrogen (secondary N) is 2. The quantitative estimate of drug-likeness (QED) is 0.305. The maximum Gasteiger partial charge on any atom is 0.191 e. The van der Waals surface area contributed by atoms with Crippen LogP contribution in [0.5, 0.6) is 0 Å². The Morgan fingerprint density at radius 1 is 1.25 bits per heavy atom. The first-order chi connectivity index (χ1) is 13.6. The lowest BCUT2D eigenvalue weighted by atomic mass is 10.2. The summed E-state index contributed by atoms with van der Waals surface area (Å²) >= 11 is 1.74. The number of hydrogen-bond acceptors (Lipinski definition) is 4. The van der Waals surface area contributed by atoms with Crippen molar-refractivity contribution >= 4 is 17.7 Å². The summed E-state index contributed by atoms with van der Waals surface area (Å²) < 4.78 is 14.9. The molecular formula is C20H29FN6S. The molecule has 8 heteroatoms. The summed E-state index contributed by atoms with van der Waals surface area (Å²) in [5.74, 6) is 3.37. The Labute approximate surface area is 170 Å². The van der Waals surface area contributed by atoms with Gasteiger partial charge in [-0.3, -0.25) is 0 Å². The molecule has 0 radical (unpaired) electrons. The Hall–Kier alpha value is -2.09. The first-order valence-corrected chi connectivity index (χ1v) is 10.9. The molecule has 0 aliphatic heterocycles. The summed E-state index contributed by atoms with van der Waals surface area (Å²) in [6.07, 6.45) is 5.95. The van der Waals surface area contributed by atoms with Crippen LogP contribution in [0.2, 0.25) is 0 Å². The zero-order chi connectivity index (χ0) is 19.8. The summed E-state index contributed by atoms with van der Waals surface area (Å²) in [7, 11) is 1.96. The average molecular weight is 405 g/mol. The number of halogens is 1. The van der Waals surface area contributed by atoms with Gasteiger partial charge in [-0.1, -0.05) is 12.8 Å². The van der Waals surface area contributed by atoms with Gasteiger partial charge in [-0.2, -0.15) is 0 Å². The van der Waals surface area contributed by atoms with Crippen LogP contribution in [0, 0.1) is 12.7 Å². The van der Waals surface area contributed by atoms with Gasteiger partial charge in [0.05, 0.1) is 0 Å². The Morgan fingerprint density at radius 2 is 2.00 bits per heavy atom. The molecule has 6 nitrogen and oxygen atoms in total. The SMILES string of the molecule is Cc1nnc(CN=C(NCCCSc2ccc(F)cc2)NC2CCCC2)n1C. The minimum Gasteiger partial charge on any atom is -0.356 e. The predicted octanol–water partition coefficient (Wildman–Crippen LogP) is 3.42. The number of rotatable bonds is 8. The molecule has 1 aliphatic rings. The van der Waals surface area contributed by atoms with Gasteiger partial charge in [0.2, 0.25) is 0 Å². The summed E-state index contributed by atoms with van der Waals surface area (Å²) in [5.41, 5.74) is 0. The van der Waals surface area contributed by atoms with E-state index in [1.165, 1.54) is 37.8 Å². The number of thioether (sulfide) groups is 1. The zero-order valence-electron chi connectivity index (χ0n) is 16.6. The van der Waals surface area contributed by atoms with Crippen molar-refractivity contribution in [3.05, 3.63) is 41.7 Å². The molecule has 28 heavy (non-hydrogen) atoms. The molecule has 0 saturated heterocycles. The molecule has 1 aliphatic carbocycles. The van der Waals surface area contributed by atoms with Crippen LogP contribution in [-0.2, 0) is 13.6 Å². The van der Waals surface area contributed by atoms with E-state index in [0.29, 0.717) is 12.6 Å². The van der Waals surface area contributed by atoms with Crippen LogP contribution in [0.15, 0.2) is 34.2 Å². The van der Waals surface area contributed by atoms with Crippen LogP contribution in [0.25, 0.3) is 0 Å². The van der Waals surface area contributed by atoms with Gasteiger partial charge in [-0.25, -0.2) is 9.38 Å². The molecule has 0 unspecified atom stereocenters. The number of benzene rings is 1. The van der Waals surface area contributed by atoms with E-state index in [4.69, 9.17) is 4.99 Å². The van der Waals surface area contributed by atoms with Gasteiger partial charge in [0.1, 0.15) is 18.2 Å². The minimum atomic E-state index is -0.192. The monoisotopic (exact) mass is 404 g/mol. The highest BCUT2D eigenvalue weighted by Gasteiger charge is 2.16. The van der Waals surface area contributed by atoms with E-state index >= 15 is 0 Å². The zero-order valence-corrected chi connectivity index (χ0v) is 17.4. The first-order valence-electron chi connectivity index (χ1n) is 9.90. The summed E-state index contributed by atoms with van der Waals surface area (Å²) in [5, 5.41) is 15.3. The Bertz CT molecular complexity index is 768. The number of guanidine groups is 1. The molecule has 1 heterocycles. The van der Waals surface area contributed by atoms with Crippen molar-refractivity contribution in [2.24, 2.45) is 12.0 Å². The molecule has 0 atom stereocenters. The summed E-state index contributed by atoms with van der Waals surface area (Å²) in [6.45, 7) is 3.28. The van der Waals surface area contributed by atoms with Crippen molar-refractivity contribution in [1.29, 1.82) is 0 Å². The van der Waals surface area contributed by atoms with Crippen molar-refractivity contribution < 1.29 is 4.39 Å². The van der Waals surface area contributed by atoms with Crippen molar-refractivity contribution in [2.45, 2.75) is 56.5 Å². The Balaban J connectivity index is 1.47. The van der Waals surface area contributed by atoms with Crippen LogP contribution in [0.4, 0.5) is 4.39 Å². The molecule has 1 aromatic carbocycles. The van der Waals surface area contributed by atoms with Gasteiger partial charge >= 0.3 is 0 Å². The first kappa shape index (κ1) is 20.6. The van der Waals surface area contributed by atoms with Crippen LogP contribution >= 0.6 is 11.8 Å². The van der Waals surface area contributed by atoms with E-state index in [0.717, 1.165) is 41.2 Å². The van der Waals surface area contributed by atoms with Gasteiger partial charge in [0.25, 0.3) is 0 Å². The van der Waals surface area contributed by atoms with Crippen LogP contribution in [0.3, 0.4) is 0 Å². The van der Waals surface area contributed by atoms with Gasteiger partial charge in [-0.05, 0) is 56.2 Å². The van der Waals surface area contributed by atoms with E-state index in [9.17, 15) is 4.39 Å². The number of nitrogens with zero attached hydrogens (tertiary/aromatic N) is 4. The molecule has 1 saturated carbocycles. The molecule has 2 aromatic rings. The Morgan fingerprint density at radius 3 is 2.68 bits per heavy atom. The normalized spacial score (nSPS) is 15.2. The maximum absolute atomic E-state index is 13.0. The highest BCUT2D eigenvalue weighted by Crippen LogP contribution is 2.19. The van der Waals surface area contributed by atoms with Crippen LogP contribution in [0.1, 0.15) is 43.8 Å². The van der Waals surface area contributed by atoms with E-state index < -0.39 is 0 Å². The summed E-state index contributed by atoms with van der Waals surface area (Å²) in [6, 6.07) is 7.16. The standard InChI is InChI=1S/C20H29FN6S/c1-15-25-26-19(27(15)2)14-23-20(24-17-6-3-4-7-17)22-12-5-13-28-18-10-8-16(21)9-11-18/h8-11,17H,3-7,12-14H2,1-2H3,(H2,22,23,24). The fraction of sp³-hybridized carbons (Fsp3) is 0.550. The fourth-order valence-electron chi connectivity index (χ4n) is 3.15. The number of aromatic nitrogens is 3. The van der Waals surface area contributed by atoms with Crippen molar-refractivity contribution in [3.8, 4) is 0 Å². The topological polar surface area (TPSA) is 67.1 Å². The largest absolute Gasteiger partial charge is 0.356 e. The molecule has 1 fully saturated rings. The van der Waals surface area contributed by atoms with Gasteiger partial charge < -0.3 is 15.2 Å². The molecule has 0 bridgehead atoms. The third-order valence-electron chi connectivity index (χ3n) is 4.95. The maximum atomic E-state index is 13.0. The smallest absolute Gasteiger partial charge is 0.191 e. The minimum absolute atomic E-state index is 0.192. The second kappa shape index (κ2) is 10.5. The van der Waals surface area contributed by atoms with Gasteiger partial charge in [0, 0.05) is 24.5 Å². The number of aryl methyl sites for hydroxylation is 1. The van der Waals surface area contributed by atoms with Crippen molar-refractivity contribution in [3.63, 3.8) is 0 Å². The van der Waals surface area contributed by atoms with E-state index in [1.807, 2.05) is 30.7 Å². The molecule has 3 rings (SSSR count). The highest BCUT2D eigenvalue weighted by molar-refractivity contribution is 7.99. The van der Waals surface area contributed by atoms with Crippen LogP contribution in [-0.4, -0.2) is 39.1 Å². The molecule has 1 aromatic heterocycles. The molecule has 152 valence electrons. The molecule has 2 N–H and O–H groups in total. The lowest BCUT2D eigenvalue weighted by Gasteiger charge is -2.17. The summed E-state index contributed by atoms with van der Waals surface area (Å²) in [4.78, 5) is 5.81. The van der Waals surface area contributed by atoms with E-state index in [-0.39, 0.29) is 5.82 Å². The van der Waals surface area contributed by atoms with E-state index in [2.05, 4.69) is 20.8 Å². The third kappa shape index (κ3) is 6.22. The molecule has 0 spiro atoms. The Kier molecular flexibility index (Phi) is 7.71. The van der Waals surface area contributed by atoms with Crippen molar-refractivity contribution in [2.75, 3.05) is 12.3 Å². The van der Waals surface area contributed by atoms with Gasteiger partial charge in [0.15, 0.2) is 11.8 Å². The second-order valence-electron chi connectivity index (χ2n) is 7.10. The molecule has 0 amide bonds. The third-order valence-corrected chi connectivity index (χ3v) is 6.05. The fourth-order valence-corrected chi connectivity index (χ4v) is 4.01. The molecular weight excluding hydrogens is 375 g/mol. The van der Waals surface area contributed by atoms with E-state index in [1.54, 1.807) is 11.8 Å². The lowest BCUT2D eigenvalue weighted by molar-refractivity contribution is 0.609. The predicted molar refractivity (Wildman–Crippen MR) is 112 cm³/mol. The number of aliphatic imine (C=N–C) groups is 1. The van der Waals surface area contributed by atoms with Gasteiger partial charge in [-0.15, -0.1) is 22.0 Å². The lowest BCUT2D eigenvalue weighted by Crippen LogP contribution is -2.43. The highest BCUT2D eigenvalue weighted by atomic mass is 32.2. The average Bonchev–Trinajstić information content (AvgIpc) is 3.31. The van der Waals surface area contributed by atoms with Crippen molar-refractivity contribution in [1.82, 2.24) is 25.4 Å². The van der Waals surface area contributed by atoms with Crippen LogP contribution < -0.4 is 10.6 Å².